The van der Waals surface area contributed by atoms with Crippen LogP contribution < -0.4 is 0 Å². The van der Waals surface area contributed by atoms with Gasteiger partial charge < -0.3 is 9.84 Å². The molecule has 1 fully saturated rings. The number of nitrogens with zero attached hydrogens (tertiary/aromatic N) is 1. The van der Waals surface area contributed by atoms with E-state index in [1.54, 1.807) is 0 Å². The normalized spacial score (nSPS) is 25.5. The molecule has 1 aliphatic heterocycles. The summed E-state index contributed by atoms with van der Waals surface area (Å²) in [5, 5.41) is 9.53. The van der Waals surface area contributed by atoms with Crippen LogP contribution >= 0.6 is 0 Å². The molecule has 1 aliphatic rings. The Morgan fingerprint density at radius 1 is 1.42 bits per heavy atom. The molecular formula is C15H29NO3. The van der Waals surface area contributed by atoms with Crippen molar-refractivity contribution in [3.63, 3.8) is 0 Å². The van der Waals surface area contributed by atoms with Crippen LogP contribution in [0.3, 0.4) is 0 Å². The van der Waals surface area contributed by atoms with Gasteiger partial charge in [0, 0.05) is 13.1 Å². The number of ether oxygens (including phenoxy) is 1. The van der Waals surface area contributed by atoms with Gasteiger partial charge in [0.2, 0.25) is 0 Å². The Labute approximate surface area is 117 Å². The van der Waals surface area contributed by atoms with Crippen molar-refractivity contribution in [3.05, 3.63) is 0 Å². The predicted molar refractivity (Wildman–Crippen MR) is 76.4 cm³/mol. The van der Waals surface area contributed by atoms with Gasteiger partial charge in [0.1, 0.15) is 0 Å². The summed E-state index contributed by atoms with van der Waals surface area (Å²) >= 11 is 0. The summed E-state index contributed by atoms with van der Waals surface area (Å²) in [5.41, 5.74) is -0.655. The minimum atomic E-state index is -0.629. The maximum atomic E-state index is 11.6. The molecule has 0 amide bonds. The molecule has 0 radical (unpaired) electrons. The number of carboxylic acids is 1. The number of hydrogen-bond donors (Lipinski definition) is 1. The van der Waals surface area contributed by atoms with E-state index in [1.807, 2.05) is 20.8 Å². The van der Waals surface area contributed by atoms with E-state index in [-0.39, 0.29) is 5.60 Å². The van der Waals surface area contributed by atoms with E-state index in [1.165, 1.54) is 0 Å². The van der Waals surface area contributed by atoms with Crippen molar-refractivity contribution in [2.24, 2.45) is 5.41 Å². The van der Waals surface area contributed by atoms with Crippen molar-refractivity contribution in [2.75, 3.05) is 26.2 Å². The Bertz CT molecular complexity index is 294. The highest BCUT2D eigenvalue weighted by molar-refractivity contribution is 5.75. The third-order valence-corrected chi connectivity index (χ3v) is 3.78. The van der Waals surface area contributed by atoms with Gasteiger partial charge in [0.25, 0.3) is 0 Å². The van der Waals surface area contributed by atoms with E-state index < -0.39 is 11.4 Å². The summed E-state index contributed by atoms with van der Waals surface area (Å²) in [6.07, 6.45) is 3.49. The zero-order chi connectivity index (χ0) is 14.5. The number of hydrogen-bond acceptors (Lipinski definition) is 3. The number of carboxylic acid groups (broad SMARTS) is 1. The topological polar surface area (TPSA) is 49.8 Å². The number of carbonyl (C=O) groups is 1. The number of piperidine rings is 1. The first-order chi connectivity index (χ1) is 8.79. The Balaban J connectivity index is 2.51. The molecule has 19 heavy (non-hydrogen) atoms. The molecule has 1 unspecified atom stereocenters. The van der Waals surface area contributed by atoms with Gasteiger partial charge in [-0.25, -0.2) is 0 Å². The summed E-state index contributed by atoms with van der Waals surface area (Å²) in [4.78, 5) is 13.8. The molecule has 112 valence electrons. The lowest BCUT2D eigenvalue weighted by Gasteiger charge is -2.40. The highest BCUT2D eigenvalue weighted by Crippen LogP contribution is 2.34. The van der Waals surface area contributed by atoms with Gasteiger partial charge in [-0.1, -0.05) is 13.3 Å². The summed E-state index contributed by atoms with van der Waals surface area (Å²) in [7, 11) is 0. The summed E-state index contributed by atoms with van der Waals surface area (Å²) < 4.78 is 5.73. The highest BCUT2D eigenvalue weighted by atomic mass is 16.5. The smallest absolute Gasteiger partial charge is 0.310 e. The van der Waals surface area contributed by atoms with Gasteiger partial charge in [0.15, 0.2) is 0 Å². The van der Waals surface area contributed by atoms with Crippen LogP contribution in [0.5, 0.6) is 0 Å². The Morgan fingerprint density at radius 2 is 2.11 bits per heavy atom. The molecular weight excluding hydrogens is 242 g/mol. The molecule has 1 N–H and O–H groups in total. The average Bonchev–Trinajstić information content (AvgIpc) is 2.28. The minimum Gasteiger partial charge on any atom is -0.481 e. The average molecular weight is 271 g/mol. The number of aliphatic carboxylic acids is 1. The first kappa shape index (κ1) is 16.4. The Morgan fingerprint density at radius 3 is 2.63 bits per heavy atom. The molecule has 0 aromatic rings. The van der Waals surface area contributed by atoms with E-state index in [0.29, 0.717) is 13.2 Å². The molecule has 0 aromatic carbocycles. The Hall–Kier alpha value is -0.610. The van der Waals surface area contributed by atoms with Crippen LogP contribution in [-0.4, -0.2) is 47.8 Å². The second kappa shape index (κ2) is 6.71. The standard InChI is InChI=1S/C15H29NO3/c1-5-7-15(13(17)18)8-6-9-16(12-15)10-11-19-14(2,3)4/h5-12H2,1-4H3,(H,17,18). The fourth-order valence-corrected chi connectivity index (χ4v) is 2.86. The molecule has 1 saturated heterocycles. The Kier molecular flexibility index (Phi) is 5.81. The van der Waals surface area contributed by atoms with E-state index in [0.717, 1.165) is 38.8 Å². The quantitative estimate of drug-likeness (QED) is 0.807. The maximum Gasteiger partial charge on any atom is 0.310 e. The lowest BCUT2D eigenvalue weighted by atomic mass is 9.76. The largest absolute Gasteiger partial charge is 0.481 e. The summed E-state index contributed by atoms with van der Waals surface area (Å²) in [5.74, 6) is -0.629. The van der Waals surface area contributed by atoms with Crippen molar-refractivity contribution in [3.8, 4) is 0 Å². The van der Waals surface area contributed by atoms with Crippen molar-refractivity contribution >= 4 is 5.97 Å². The fourth-order valence-electron chi connectivity index (χ4n) is 2.86. The second-order valence-corrected chi connectivity index (χ2v) is 6.68. The van der Waals surface area contributed by atoms with Crippen LogP contribution in [-0.2, 0) is 9.53 Å². The molecule has 4 heteroatoms. The molecule has 0 saturated carbocycles. The molecule has 0 spiro atoms. The second-order valence-electron chi connectivity index (χ2n) is 6.68. The van der Waals surface area contributed by atoms with Crippen LogP contribution in [0.1, 0.15) is 53.4 Å². The summed E-state index contributed by atoms with van der Waals surface area (Å²) in [6, 6.07) is 0. The maximum absolute atomic E-state index is 11.6. The van der Waals surface area contributed by atoms with E-state index in [9.17, 15) is 9.90 Å². The third kappa shape index (κ3) is 5.11. The van der Waals surface area contributed by atoms with Crippen LogP contribution in [0, 0.1) is 5.41 Å². The highest BCUT2D eigenvalue weighted by Gasteiger charge is 2.41. The monoisotopic (exact) mass is 271 g/mol. The van der Waals surface area contributed by atoms with E-state index in [2.05, 4.69) is 11.8 Å². The molecule has 0 aromatic heterocycles. The zero-order valence-corrected chi connectivity index (χ0v) is 12.9. The molecule has 1 atom stereocenters. The molecule has 0 bridgehead atoms. The van der Waals surface area contributed by atoms with Crippen LogP contribution in [0.2, 0.25) is 0 Å². The van der Waals surface area contributed by atoms with Crippen LogP contribution in [0.15, 0.2) is 0 Å². The van der Waals surface area contributed by atoms with E-state index >= 15 is 0 Å². The van der Waals surface area contributed by atoms with Crippen molar-refractivity contribution in [2.45, 2.75) is 59.0 Å². The predicted octanol–water partition coefficient (Wildman–Crippen LogP) is 2.77. The van der Waals surface area contributed by atoms with Crippen molar-refractivity contribution in [1.82, 2.24) is 4.90 Å². The summed E-state index contributed by atoms with van der Waals surface area (Å²) in [6.45, 7) is 11.4. The fraction of sp³-hybridized carbons (Fsp3) is 0.933. The number of likely N-dealkylation sites (tertiary alicyclic amines) is 1. The SMILES string of the molecule is CCCC1(C(=O)O)CCCN(CCOC(C)(C)C)C1. The molecule has 4 nitrogen and oxygen atoms in total. The third-order valence-electron chi connectivity index (χ3n) is 3.78. The molecule has 1 rings (SSSR count). The van der Waals surface area contributed by atoms with Gasteiger partial charge in [0.05, 0.1) is 17.6 Å². The van der Waals surface area contributed by atoms with Gasteiger partial charge in [-0.15, -0.1) is 0 Å². The van der Waals surface area contributed by atoms with Crippen LogP contribution in [0.25, 0.3) is 0 Å². The minimum absolute atomic E-state index is 0.122. The van der Waals surface area contributed by atoms with E-state index in [4.69, 9.17) is 4.74 Å². The number of rotatable bonds is 6. The molecule has 0 aliphatic carbocycles. The van der Waals surface area contributed by atoms with Gasteiger partial charge in [-0.05, 0) is 46.6 Å². The van der Waals surface area contributed by atoms with Crippen molar-refractivity contribution in [1.29, 1.82) is 0 Å². The first-order valence-electron chi connectivity index (χ1n) is 7.39. The first-order valence-corrected chi connectivity index (χ1v) is 7.39. The lowest BCUT2D eigenvalue weighted by molar-refractivity contribution is -0.153. The van der Waals surface area contributed by atoms with Crippen molar-refractivity contribution < 1.29 is 14.6 Å². The zero-order valence-electron chi connectivity index (χ0n) is 12.9. The van der Waals surface area contributed by atoms with Gasteiger partial charge >= 0.3 is 5.97 Å². The van der Waals surface area contributed by atoms with Crippen LogP contribution in [0.4, 0.5) is 0 Å². The lowest BCUT2D eigenvalue weighted by Crippen LogP contribution is -2.48. The van der Waals surface area contributed by atoms with Gasteiger partial charge in [-0.3, -0.25) is 9.69 Å². The van der Waals surface area contributed by atoms with Gasteiger partial charge in [-0.2, -0.15) is 0 Å². The molecule has 1 heterocycles.